The Labute approximate surface area is 280 Å². The van der Waals surface area contributed by atoms with E-state index < -0.39 is 112 Å². The van der Waals surface area contributed by atoms with Gasteiger partial charge in [0.15, 0.2) is 0 Å². The van der Waals surface area contributed by atoms with Crippen molar-refractivity contribution in [3.05, 3.63) is 60.7 Å². The van der Waals surface area contributed by atoms with Crippen LogP contribution in [0.25, 0.3) is 10.8 Å². The maximum atomic E-state index is 12.1. The summed E-state index contributed by atoms with van der Waals surface area (Å²) >= 11 is -11.3. The Hall–Kier alpha value is -2.68. The van der Waals surface area contributed by atoms with E-state index in [4.69, 9.17) is 0 Å². The van der Waals surface area contributed by atoms with E-state index >= 15 is 0 Å². The van der Waals surface area contributed by atoms with Crippen LogP contribution in [-0.4, -0.2) is 80.9 Å². The summed E-state index contributed by atoms with van der Waals surface area (Å²) in [6.07, 6.45) is 0. The molecule has 0 unspecified atom stereocenters. The molecule has 0 bridgehead atoms. The van der Waals surface area contributed by atoms with Crippen molar-refractivity contribution in [2.75, 3.05) is 0 Å². The average molecular weight is 797 g/mol. The molecule has 18 nitrogen and oxygen atoms in total. The van der Waals surface area contributed by atoms with E-state index in [1.807, 2.05) is 0 Å². The van der Waals surface area contributed by atoms with E-state index in [0.717, 1.165) is 24.3 Å². The van der Waals surface area contributed by atoms with Crippen LogP contribution < -0.4 is 38.3 Å². The maximum Gasteiger partial charge on any atom is 1.00 e. The summed E-state index contributed by atoms with van der Waals surface area (Å²) < 4.78 is 133. The molecule has 0 aromatic heterocycles. The molecule has 45 heavy (non-hydrogen) atoms. The van der Waals surface area contributed by atoms with Gasteiger partial charge in [-0.05, 0) is 0 Å². The van der Waals surface area contributed by atoms with E-state index in [2.05, 4.69) is 20.5 Å². The fraction of sp³-hybridized carbons (Fsp3) is 0. The van der Waals surface area contributed by atoms with Crippen molar-refractivity contribution in [3.8, 4) is 11.5 Å². The number of phenolic OH excluding ortho intramolecular Hbond substituents is 2. The fourth-order valence-electron chi connectivity index (χ4n) is 3.83. The molecule has 0 fully saturated rings. The number of phenols is 2. The number of rotatable bonds is 8. The number of aromatic hydroxyl groups is 2. The van der Waals surface area contributed by atoms with Crippen LogP contribution in [0.2, 0.25) is 0 Å². The van der Waals surface area contributed by atoms with E-state index in [1.54, 1.807) is 0 Å². The van der Waals surface area contributed by atoms with Crippen molar-refractivity contribution in [2.24, 2.45) is 20.5 Å². The minimum absolute atomic E-state index is 0. The zero-order valence-electron chi connectivity index (χ0n) is 22.2. The molecule has 4 aromatic rings. The van der Waals surface area contributed by atoms with Crippen molar-refractivity contribution in [3.63, 3.8) is 0 Å². The third-order valence-electron chi connectivity index (χ3n) is 5.70. The normalized spacial score (nSPS) is 13.0. The van der Waals surface area contributed by atoms with E-state index in [1.165, 1.54) is 24.3 Å². The molecule has 0 atom stereocenters. The number of benzene rings is 4. The second-order valence-corrected chi connectivity index (χ2v) is 17.9. The summed E-state index contributed by atoms with van der Waals surface area (Å²) in [5.41, 5.74) is -3.26. The summed E-state index contributed by atoms with van der Waals surface area (Å²) in [6, 6.07) is 10.1. The number of fused-ring (bicyclic) bond motifs is 1. The van der Waals surface area contributed by atoms with Gasteiger partial charge in [0.1, 0.15) is 0 Å². The van der Waals surface area contributed by atoms with E-state index in [0.29, 0.717) is 12.1 Å². The van der Waals surface area contributed by atoms with Gasteiger partial charge in [0.2, 0.25) is 0 Å². The molecule has 0 aliphatic rings. The quantitative estimate of drug-likeness (QED) is 0.0589. The van der Waals surface area contributed by atoms with Gasteiger partial charge in [-0.2, -0.15) is 0 Å². The first-order chi connectivity index (χ1) is 20.2. The van der Waals surface area contributed by atoms with E-state index in [-0.39, 0.29) is 29.6 Å². The molecule has 0 aliphatic heterocycles. The van der Waals surface area contributed by atoms with Crippen LogP contribution in [0.15, 0.2) is 90.9 Å². The Kier molecular flexibility index (Phi) is 10.8. The van der Waals surface area contributed by atoms with Gasteiger partial charge in [0.05, 0.1) is 0 Å². The molecule has 0 heterocycles. The first-order valence-corrected chi connectivity index (χ1v) is 20.9. The Bertz CT molecular complexity index is 2070. The third-order valence-corrected chi connectivity index (χ3v) is 11.6. The van der Waals surface area contributed by atoms with Crippen LogP contribution in [0.3, 0.4) is 0 Å². The maximum absolute atomic E-state index is 12.1. The molecular weight excluding hydrogens is 781 g/mol. The third kappa shape index (κ3) is 8.01. The Morgan fingerprint density at radius 2 is 0.933 bits per heavy atom. The second-order valence-electron chi connectivity index (χ2n) is 8.62. The zero-order chi connectivity index (χ0) is 32.8. The van der Waals surface area contributed by atoms with Crippen LogP contribution in [-0.2, 0) is 27.7 Å². The minimum Gasteiger partial charge on any atom is 1.00 e. The molecule has 0 spiro atoms. The van der Waals surface area contributed by atoms with Crippen LogP contribution in [0.1, 0.15) is 0 Å². The SMILES string of the molecule is O=S(=O)([O-])c1cc2cc(S(=O)(=O)[O-])c(N=Nc3ccccc3[As](=O)(O)O)c(O)c2c(O)c1N=Nc1ccccc1[As](=O)(O)O.[Na+]. The van der Waals surface area contributed by atoms with Crippen molar-refractivity contribution < 1.29 is 89.6 Å². The summed E-state index contributed by atoms with van der Waals surface area (Å²) in [7, 11) is -11.1. The molecule has 0 amide bonds. The summed E-state index contributed by atoms with van der Waals surface area (Å²) in [5, 5.41) is 34.5. The molecular formula is C22H16As2N4NaO14S2-. The topological polar surface area (TPSA) is 319 Å². The van der Waals surface area contributed by atoms with Crippen molar-refractivity contribution in [2.45, 2.75) is 9.79 Å². The molecule has 232 valence electrons. The minimum atomic E-state index is -5.63. The standard InChI is InChI=1S/C22H18As2N4O14S2.Na/c29-21-18-11(9-16(43(37,38)39)19(21)27-25-14-7-3-1-5-12(14)23(31,32)33)10-17(44(40,41)42)20(22(18)30)28-26-15-8-4-2-6-13(15)24(34,35)36;/h1-10,29-30H,(H2,31,32,33)(H2,34,35,36)(H,37,38,39)(H,40,41,42);/q;+1/p-2. The van der Waals surface area contributed by atoms with Crippen LogP contribution >= 0.6 is 0 Å². The molecule has 23 heteroatoms. The first kappa shape index (κ1) is 36.8. The molecule has 0 radical (unpaired) electrons. The van der Waals surface area contributed by atoms with E-state index in [9.17, 15) is 60.0 Å². The number of nitrogens with zero attached hydrogens (tertiary/aromatic N) is 4. The molecule has 0 aliphatic carbocycles. The van der Waals surface area contributed by atoms with Crippen LogP contribution in [0.4, 0.5) is 22.7 Å². The van der Waals surface area contributed by atoms with Gasteiger partial charge in [-0.15, -0.1) is 0 Å². The molecule has 0 saturated carbocycles. The summed E-state index contributed by atoms with van der Waals surface area (Å²) in [4.78, 5) is -2.66. The van der Waals surface area contributed by atoms with Gasteiger partial charge in [-0.25, -0.2) is 0 Å². The van der Waals surface area contributed by atoms with Gasteiger partial charge in [-0.3, -0.25) is 0 Å². The molecule has 4 aromatic carbocycles. The Balaban J connectivity index is 0.00000552. The van der Waals surface area contributed by atoms with Gasteiger partial charge >= 0.3 is 283 Å². The molecule has 4 rings (SSSR count). The number of hydrogen-bond acceptors (Lipinski definition) is 14. The summed E-state index contributed by atoms with van der Waals surface area (Å²) in [6.45, 7) is 0. The first-order valence-electron chi connectivity index (χ1n) is 11.3. The van der Waals surface area contributed by atoms with Crippen molar-refractivity contribution in [1.82, 2.24) is 0 Å². The Morgan fingerprint density at radius 3 is 1.24 bits per heavy atom. The predicted molar refractivity (Wildman–Crippen MR) is 145 cm³/mol. The summed E-state index contributed by atoms with van der Waals surface area (Å²) in [5.74, 6) is -2.63. The van der Waals surface area contributed by atoms with Gasteiger partial charge in [-0.1, -0.05) is 0 Å². The fourth-order valence-corrected chi connectivity index (χ4v) is 8.05. The van der Waals surface area contributed by atoms with Gasteiger partial charge in [0.25, 0.3) is 0 Å². The van der Waals surface area contributed by atoms with Crippen molar-refractivity contribution >= 4 is 90.8 Å². The van der Waals surface area contributed by atoms with Crippen molar-refractivity contribution in [1.29, 1.82) is 0 Å². The van der Waals surface area contributed by atoms with Gasteiger partial charge < -0.3 is 0 Å². The number of hydrogen-bond donors (Lipinski definition) is 6. The smallest absolute Gasteiger partial charge is 1.00 e. The monoisotopic (exact) mass is 797 g/mol. The molecule has 0 saturated heterocycles. The molecule has 6 N–H and O–H groups in total. The van der Waals surface area contributed by atoms with Gasteiger partial charge in [0, 0.05) is 0 Å². The largest absolute Gasteiger partial charge is 1.00 e. The van der Waals surface area contributed by atoms with Crippen LogP contribution in [0.5, 0.6) is 11.5 Å². The van der Waals surface area contributed by atoms with Crippen LogP contribution in [0, 0.1) is 0 Å². The predicted octanol–water partition coefficient (Wildman–Crippen LogP) is -2.98. The Morgan fingerprint density at radius 1 is 0.600 bits per heavy atom. The number of azo groups is 2. The second kappa shape index (κ2) is 13.2. The average Bonchev–Trinajstić information content (AvgIpc) is 2.89. The zero-order valence-corrected chi connectivity index (χ0v) is 29.6.